The smallest absolute Gasteiger partial charge is 0.467 e. The van der Waals surface area contributed by atoms with Gasteiger partial charge in [0, 0.05) is 11.9 Å². The monoisotopic (exact) mass is 395 g/mol. The summed E-state index contributed by atoms with van der Waals surface area (Å²) < 4.78 is 46.1. The highest BCUT2D eigenvalue weighted by atomic mass is 19.4. The quantitative estimate of drug-likeness (QED) is 0.690. The highest BCUT2D eigenvalue weighted by Gasteiger charge is 2.31. The molecule has 0 fully saturated rings. The van der Waals surface area contributed by atoms with E-state index in [1.54, 1.807) is 12.1 Å². The highest BCUT2D eigenvalue weighted by molar-refractivity contribution is 6.03. The van der Waals surface area contributed by atoms with E-state index in [9.17, 15) is 27.6 Å². The van der Waals surface area contributed by atoms with Gasteiger partial charge in [-0.15, -0.1) is 13.2 Å². The predicted octanol–water partition coefficient (Wildman–Crippen LogP) is 2.33. The molecule has 3 aromatic rings. The Morgan fingerprint density at radius 2 is 1.89 bits per heavy atom. The lowest BCUT2D eigenvalue weighted by Gasteiger charge is -2.10. The molecule has 8 nitrogen and oxygen atoms in total. The number of hydrogen-bond donors (Lipinski definition) is 2. The van der Waals surface area contributed by atoms with Gasteiger partial charge in [-0.05, 0) is 36.4 Å². The Morgan fingerprint density at radius 1 is 1.18 bits per heavy atom. The minimum absolute atomic E-state index is 0.128. The number of nitrogens with zero attached hydrogens (tertiary/aromatic N) is 1. The number of halogens is 3. The van der Waals surface area contributed by atoms with Crippen molar-refractivity contribution in [2.75, 3.05) is 5.32 Å². The van der Waals surface area contributed by atoms with Gasteiger partial charge in [-0.1, -0.05) is 0 Å². The van der Waals surface area contributed by atoms with Gasteiger partial charge < -0.3 is 19.5 Å². The average Bonchev–Trinajstić information content (AvgIpc) is 3.12. The largest absolute Gasteiger partial charge is 0.573 e. The van der Waals surface area contributed by atoms with Gasteiger partial charge in [-0.2, -0.15) is 0 Å². The average molecular weight is 395 g/mol. The van der Waals surface area contributed by atoms with Crippen LogP contribution in [0.25, 0.3) is 0 Å². The molecular weight excluding hydrogens is 383 g/mol. The second kappa shape index (κ2) is 7.47. The Hall–Kier alpha value is -3.76. The molecular formula is C17H12F3N3O5. The SMILES string of the molecule is O=C(Nc1ccc(OC(F)(F)F)cc1)c1c[nH]c(=O)n(Cc2ccco2)c1=O. The van der Waals surface area contributed by atoms with Gasteiger partial charge in [0.1, 0.15) is 17.1 Å². The van der Waals surface area contributed by atoms with Gasteiger partial charge in [0.2, 0.25) is 0 Å². The molecule has 11 heteroatoms. The van der Waals surface area contributed by atoms with Crippen LogP contribution in [0.5, 0.6) is 5.75 Å². The van der Waals surface area contributed by atoms with E-state index in [1.807, 2.05) is 0 Å². The number of H-pyrrole nitrogens is 1. The second-order valence-electron chi connectivity index (χ2n) is 5.50. The van der Waals surface area contributed by atoms with Crippen molar-refractivity contribution < 1.29 is 27.1 Å². The number of amides is 1. The molecule has 2 N–H and O–H groups in total. The molecule has 3 rings (SSSR count). The first-order chi connectivity index (χ1) is 13.2. The van der Waals surface area contributed by atoms with E-state index in [4.69, 9.17) is 4.42 Å². The zero-order chi connectivity index (χ0) is 20.3. The molecule has 2 aromatic heterocycles. The Kier molecular flexibility index (Phi) is 5.07. The van der Waals surface area contributed by atoms with Crippen LogP contribution in [0.1, 0.15) is 16.1 Å². The van der Waals surface area contributed by atoms with Gasteiger partial charge in [0.05, 0.1) is 12.8 Å². The zero-order valence-corrected chi connectivity index (χ0v) is 13.9. The molecule has 0 radical (unpaired) electrons. The Morgan fingerprint density at radius 3 is 2.50 bits per heavy atom. The normalized spacial score (nSPS) is 11.2. The number of nitrogens with one attached hydrogen (secondary N) is 2. The lowest BCUT2D eigenvalue weighted by Crippen LogP contribution is -2.39. The van der Waals surface area contributed by atoms with Crippen LogP contribution in [0.4, 0.5) is 18.9 Å². The molecule has 0 aliphatic carbocycles. The number of aromatic nitrogens is 2. The first-order valence-corrected chi connectivity index (χ1v) is 7.75. The van der Waals surface area contributed by atoms with E-state index in [1.165, 1.54) is 18.4 Å². The fraction of sp³-hybridized carbons (Fsp3) is 0.118. The van der Waals surface area contributed by atoms with Gasteiger partial charge in [-0.3, -0.25) is 14.2 Å². The van der Waals surface area contributed by atoms with E-state index in [0.29, 0.717) is 5.76 Å². The molecule has 0 bridgehead atoms. The second-order valence-corrected chi connectivity index (χ2v) is 5.50. The summed E-state index contributed by atoms with van der Waals surface area (Å²) >= 11 is 0. The van der Waals surface area contributed by atoms with E-state index in [0.717, 1.165) is 22.9 Å². The van der Waals surface area contributed by atoms with Crippen LogP contribution in [-0.2, 0) is 6.54 Å². The molecule has 0 aliphatic heterocycles. The Balaban J connectivity index is 1.79. The Labute approximate surface area is 154 Å². The molecule has 0 aliphatic rings. The summed E-state index contributed by atoms with van der Waals surface area (Å²) in [7, 11) is 0. The summed E-state index contributed by atoms with van der Waals surface area (Å²) in [5, 5.41) is 2.36. The van der Waals surface area contributed by atoms with Crippen molar-refractivity contribution in [2.45, 2.75) is 12.9 Å². The van der Waals surface area contributed by atoms with Crippen LogP contribution in [0.15, 0.2) is 62.9 Å². The molecule has 0 spiro atoms. The van der Waals surface area contributed by atoms with Crippen molar-refractivity contribution in [3.63, 3.8) is 0 Å². The molecule has 28 heavy (non-hydrogen) atoms. The van der Waals surface area contributed by atoms with Crippen LogP contribution < -0.4 is 21.3 Å². The number of rotatable bonds is 5. The molecule has 0 saturated carbocycles. The standard InChI is InChI=1S/C17H12F3N3O5/c18-17(19,20)28-11-5-3-10(4-6-11)22-14(24)13-8-21-16(26)23(15(13)25)9-12-2-1-7-27-12/h1-8H,9H2,(H,21,26)(H,22,24). The third-order valence-electron chi connectivity index (χ3n) is 3.55. The first-order valence-electron chi connectivity index (χ1n) is 7.75. The van der Waals surface area contributed by atoms with E-state index >= 15 is 0 Å². The summed E-state index contributed by atoms with van der Waals surface area (Å²) in [5.41, 5.74) is -1.81. The van der Waals surface area contributed by atoms with Gasteiger partial charge in [0.15, 0.2) is 0 Å². The van der Waals surface area contributed by atoms with Crippen molar-refractivity contribution in [1.82, 2.24) is 9.55 Å². The van der Waals surface area contributed by atoms with Gasteiger partial charge in [-0.25, -0.2) is 4.79 Å². The Bertz CT molecular complexity index is 1080. The number of ether oxygens (including phenoxy) is 1. The van der Waals surface area contributed by atoms with Crippen LogP contribution in [0.3, 0.4) is 0 Å². The summed E-state index contributed by atoms with van der Waals surface area (Å²) in [4.78, 5) is 38.9. The fourth-order valence-corrected chi connectivity index (χ4v) is 2.31. The highest BCUT2D eigenvalue weighted by Crippen LogP contribution is 2.24. The first kappa shape index (κ1) is 19.0. The number of hydrogen-bond acceptors (Lipinski definition) is 5. The summed E-state index contributed by atoms with van der Waals surface area (Å²) in [5.74, 6) is -0.973. The van der Waals surface area contributed by atoms with Crippen LogP contribution in [-0.4, -0.2) is 21.8 Å². The number of aromatic amines is 1. The molecule has 0 unspecified atom stereocenters. The van der Waals surface area contributed by atoms with Crippen LogP contribution in [0, 0.1) is 0 Å². The molecule has 0 saturated heterocycles. The fourth-order valence-electron chi connectivity index (χ4n) is 2.31. The number of carbonyl (C=O) groups excluding carboxylic acids is 1. The third kappa shape index (κ3) is 4.50. The van der Waals surface area contributed by atoms with Crippen LogP contribution in [0.2, 0.25) is 0 Å². The number of anilines is 1. The minimum Gasteiger partial charge on any atom is -0.467 e. The molecule has 2 heterocycles. The van der Waals surface area contributed by atoms with Crippen LogP contribution >= 0.6 is 0 Å². The minimum atomic E-state index is -4.83. The lowest BCUT2D eigenvalue weighted by molar-refractivity contribution is -0.274. The molecule has 146 valence electrons. The predicted molar refractivity (Wildman–Crippen MR) is 90.2 cm³/mol. The lowest BCUT2D eigenvalue weighted by atomic mass is 10.2. The molecule has 1 aromatic carbocycles. The van der Waals surface area contributed by atoms with E-state index in [-0.39, 0.29) is 17.8 Å². The number of alkyl halides is 3. The van der Waals surface area contributed by atoms with Gasteiger partial charge >= 0.3 is 12.1 Å². The topological polar surface area (TPSA) is 106 Å². The molecule has 0 atom stereocenters. The van der Waals surface area contributed by atoms with Crippen molar-refractivity contribution in [1.29, 1.82) is 0 Å². The number of carbonyl (C=O) groups is 1. The van der Waals surface area contributed by atoms with Gasteiger partial charge in [0.25, 0.3) is 11.5 Å². The van der Waals surface area contributed by atoms with Crippen molar-refractivity contribution in [3.05, 3.63) is 81.0 Å². The van der Waals surface area contributed by atoms with Crippen molar-refractivity contribution in [2.24, 2.45) is 0 Å². The van der Waals surface area contributed by atoms with Crippen molar-refractivity contribution in [3.8, 4) is 5.75 Å². The summed E-state index contributed by atoms with van der Waals surface area (Å²) in [6.07, 6.45) is -2.50. The van der Waals surface area contributed by atoms with E-state index < -0.39 is 29.3 Å². The maximum atomic E-state index is 12.5. The zero-order valence-electron chi connectivity index (χ0n) is 13.9. The van der Waals surface area contributed by atoms with E-state index in [2.05, 4.69) is 15.0 Å². The summed E-state index contributed by atoms with van der Waals surface area (Å²) in [6, 6.07) is 7.49. The summed E-state index contributed by atoms with van der Waals surface area (Å²) in [6.45, 7) is -0.175. The molecule has 1 amide bonds. The maximum Gasteiger partial charge on any atom is 0.573 e. The van der Waals surface area contributed by atoms with Crippen molar-refractivity contribution >= 4 is 11.6 Å². The third-order valence-corrected chi connectivity index (χ3v) is 3.55. The number of benzene rings is 1. The number of furan rings is 1. The maximum absolute atomic E-state index is 12.5.